The molecule has 0 spiro atoms. The summed E-state index contributed by atoms with van der Waals surface area (Å²) in [6, 6.07) is 3.22. The number of hydrogen-bond acceptors (Lipinski definition) is 7. The Kier molecular flexibility index (Phi) is 4.76. The molecule has 3 rings (SSSR count). The normalized spacial score (nSPS) is 11.3. The van der Waals surface area contributed by atoms with Crippen LogP contribution < -0.4 is 5.56 Å². The number of esters is 1. The number of carbonyl (C=O) groups is 1. The van der Waals surface area contributed by atoms with Crippen LogP contribution in [-0.4, -0.2) is 56.6 Å². The topological polar surface area (TPSA) is 95.1 Å². The van der Waals surface area contributed by atoms with Crippen molar-refractivity contribution in [3.05, 3.63) is 57.8 Å². The molecule has 0 radical (unpaired) electrons. The fourth-order valence-corrected chi connectivity index (χ4v) is 2.73. The largest absolute Gasteiger partial charge is 0.465 e. The quantitative estimate of drug-likeness (QED) is 0.639. The van der Waals surface area contributed by atoms with Crippen molar-refractivity contribution in [3.63, 3.8) is 0 Å². The molecule has 0 bridgehead atoms. The molecule has 3 aromatic heterocycles. The molecule has 9 nitrogen and oxygen atoms in total. The van der Waals surface area contributed by atoms with Crippen molar-refractivity contribution in [2.45, 2.75) is 13.8 Å². The van der Waals surface area contributed by atoms with E-state index in [-0.39, 0.29) is 11.1 Å². The lowest BCUT2D eigenvalue weighted by Gasteiger charge is -2.12. The number of pyridine rings is 2. The summed E-state index contributed by atoms with van der Waals surface area (Å²) in [5, 5.41) is 8.25. The fraction of sp³-hybridized carbons (Fsp3) is 0.278. The first-order chi connectivity index (χ1) is 12.8. The van der Waals surface area contributed by atoms with Gasteiger partial charge in [0.15, 0.2) is 0 Å². The highest BCUT2D eigenvalue weighted by Gasteiger charge is 2.17. The third-order valence-electron chi connectivity index (χ3n) is 4.00. The Hall–Kier alpha value is -3.49. The molecule has 0 amide bonds. The second kappa shape index (κ2) is 7.02. The summed E-state index contributed by atoms with van der Waals surface area (Å²) < 4.78 is 7.84. The maximum Gasteiger partial charge on any atom is 0.340 e. The standard InChI is InChI=1S/C18H20N6O3/c1-11-20-21-12(2)24(11)23-9-7-15-13(17(23)25)10-14(18(26)27-5)16(19-15)6-8-22(3)4/h6-10H,1-5H3. The van der Waals surface area contributed by atoms with E-state index in [1.807, 2.05) is 19.0 Å². The van der Waals surface area contributed by atoms with Gasteiger partial charge in [-0.2, -0.15) is 0 Å². The first-order valence-corrected chi connectivity index (χ1v) is 8.22. The van der Waals surface area contributed by atoms with Gasteiger partial charge in [0, 0.05) is 26.5 Å². The summed E-state index contributed by atoms with van der Waals surface area (Å²) >= 11 is 0. The monoisotopic (exact) mass is 368 g/mol. The van der Waals surface area contributed by atoms with E-state index in [0.29, 0.717) is 28.2 Å². The fourth-order valence-electron chi connectivity index (χ4n) is 2.73. The van der Waals surface area contributed by atoms with E-state index >= 15 is 0 Å². The van der Waals surface area contributed by atoms with Gasteiger partial charge >= 0.3 is 5.97 Å². The molecule has 0 aliphatic carbocycles. The summed E-state index contributed by atoms with van der Waals surface area (Å²) in [5.74, 6) is 0.579. The molecule has 0 aliphatic rings. The molecule has 0 saturated carbocycles. The van der Waals surface area contributed by atoms with Crippen molar-refractivity contribution in [1.29, 1.82) is 0 Å². The number of nitrogens with zero attached hydrogens (tertiary/aromatic N) is 6. The third kappa shape index (κ3) is 3.31. The average Bonchev–Trinajstić information content (AvgIpc) is 2.97. The molecule has 140 valence electrons. The lowest BCUT2D eigenvalue weighted by atomic mass is 10.1. The smallest absolute Gasteiger partial charge is 0.340 e. The summed E-state index contributed by atoms with van der Waals surface area (Å²) in [6.07, 6.45) is 5.08. The minimum Gasteiger partial charge on any atom is -0.465 e. The van der Waals surface area contributed by atoms with Gasteiger partial charge < -0.3 is 9.64 Å². The van der Waals surface area contributed by atoms with E-state index < -0.39 is 5.97 Å². The van der Waals surface area contributed by atoms with E-state index in [4.69, 9.17) is 4.74 Å². The summed E-state index contributed by atoms with van der Waals surface area (Å²) in [4.78, 5) is 31.6. The second-order valence-electron chi connectivity index (χ2n) is 6.20. The SMILES string of the molecule is COC(=O)c1cc2c(=O)n(-n3c(C)nnc3C)ccc2nc1C=CN(C)C. The van der Waals surface area contributed by atoms with E-state index in [1.54, 1.807) is 43.1 Å². The summed E-state index contributed by atoms with van der Waals surface area (Å²) in [5.41, 5.74) is 0.789. The van der Waals surface area contributed by atoms with Gasteiger partial charge in [0.05, 0.1) is 29.3 Å². The Balaban J connectivity index is 2.28. The molecule has 3 heterocycles. The molecular formula is C18H20N6O3. The third-order valence-corrected chi connectivity index (χ3v) is 4.00. The van der Waals surface area contributed by atoms with Gasteiger partial charge in [-0.25, -0.2) is 19.1 Å². The lowest BCUT2D eigenvalue weighted by Crippen LogP contribution is -2.28. The van der Waals surface area contributed by atoms with Crippen molar-refractivity contribution in [3.8, 4) is 0 Å². The second-order valence-corrected chi connectivity index (χ2v) is 6.20. The Morgan fingerprint density at radius 3 is 2.48 bits per heavy atom. The van der Waals surface area contributed by atoms with Crippen LogP contribution >= 0.6 is 0 Å². The highest BCUT2D eigenvalue weighted by Crippen LogP contribution is 2.17. The van der Waals surface area contributed by atoms with Crippen LogP contribution in [0.1, 0.15) is 27.7 Å². The Bertz CT molecular complexity index is 1090. The van der Waals surface area contributed by atoms with Crippen molar-refractivity contribution in [2.75, 3.05) is 21.2 Å². The van der Waals surface area contributed by atoms with Crippen molar-refractivity contribution < 1.29 is 9.53 Å². The van der Waals surface area contributed by atoms with Gasteiger partial charge in [0.1, 0.15) is 11.6 Å². The molecule has 27 heavy (non-hydrogen) atoms. The average molecular weight is 368 g/mol. The molecular weight excluding hydrogens is 348 g/mol. The number of fused-ring (bicyclic) bond motifs is 1. The maximum atomic E-state index is 13.0. The predicted octanol–water partition coefficient (Wildman–Crippen LogP) is 1.24. The Morgan fingerprint density at radius 2 is 1.89 bits per heavy atom. The number of aromatic nitrogens is 5. The van der Waals surface area contributed by atoms with E-state index in [1.165, 1.54) is 17.9 Å². The first-order valence-electron chi connectivity index (χ1n) is 8.22. The van der Waals surface area contributed by atoms with E-state index in [0.717, 1.165) is 0 Å². The minimum atomic E-state index is -0.561. The van der Waals surface area contributed by atoms with E-state index in [9.17, 15) is 9.59 Å². The summed E-state index contributed by atoms with van der Waals surface area (Å²) in [7, 11) is 5.01. The molecule has 0 aliphatic heterocycles. The summed E-state index contributed by atoms with van der Waals surface area (Å²) in [6.45, 7) is 3.51. The van der Waals surface area contributed by atoms with Crippen molar-refractivity contribution in [2.24, 2.45) is 0 Å². The van der Waals surface area contributed by atoms with Crippen LogP contribution in [0, 0.1) is 13.8 Å². The number of carbonyl (C=O) groups excluding carboxylic acids is 1. The maximum absolute atomic E-state index is 13.0. The number of ether oxygens (including phenoxy) is 1. The van der Waals surface area contributed by atoms with Crippen LogP contribution in [0.4, 0.5) is 0 Å². The van der Waals surface area contributed by atoms with Gasteiger partial charge in [-0.05, 0) is 32.1 Å². The van der Waals surface area contributed by atoms with Crippen molar-refractivity contribution >= 4 is 22.9 Å². The molecule has 0 N–H and O–H groups in total. The van der Waals surface area contributed by atoms with Gasteiger partial charge in [0.2, 0.25) is 0 Å². The van der Waals surface area contributed by atoms with Gasteiger partial charge in [-0.15, -0.1) is 10.2 Å². The van der Waals surface area contributed by atoms with E-state index in [2.05, 4.69) is 15.2 Å². The number of methoxy groups -OCH3 is 1. The van der Waals surface area contributed by atoms with Crippen molar-refractivity contribution in [1.82, 2.24) is 29.4 Å². The first kappa shape index (κ1) is 18.3. The van der Waals surface area contributed by atoms with Crippen LogP contribution in [0.5, 0.6) is 0 Å². The Morgan fingerprint density at radius 1 is 1.22 bits per heavy atom. The molecule has 0 aromatic carbocycles. The zero-order valence-corrected chi connectivity index (χ0v) is 15.8. The van der Waals surface area contributed by atoms with Gasteiger partial charge in [0.25, 0.3) is 5.56 Å². The van der Waals surface area contributed by atoms with Gasteiger partial charge in [-0.3, -0.25) is 4.79 Å². The van der Waals surface area contributed by atoms with Crippen LogP contribution in [0.25, 0.3) is 17.0 Å². The molecule has 0 fully saturated rings. The number of hydrogen-bond donors (Lipinski definition) is 0. The zero-order chi connectivity index (χ0) is 19.7. The molecule has 3 aromatic rings. The van der Waals surface area contributed by atoms with Crippen LogP contribution in [0.15, 0.2) is 29.3 Å². The highest BCUT2D eigenvalue weighted by atomic mass is 16.5. The lowest BCUT2D eigenvalue weighted by molar-refractivity contribution is 0.0600. The highest BCUT2D eigenvalue weighted by molar-refractivity contribution is 5.97. The number of aryl methyl sites for hydroxylation is 2. The molecule has 0 unspecified atom stereocenters. The van der Waals surface area contributed by atoms with Gasteiger partial charge in [-0.1, -0.05) is 0 Å². The minimum absolute atomic E-state index is 0.218. The number of rotatable bonds is 4. The van der Waals surface area contributed by atoms with Crippen LogP contribution in [0.2, 0.25) is 0 Å². The Labute approximate surface area is 155 Å². The predicted molar refractivity (Wildman–Crippen MR) is 100 cm³/mol. The van der Waals surface area contributed by atoms with Crippen LogP contribution in [0.3, 0.4) is 0 Å². The van der Waals surface area contributed by atoms with Crippen LogP contribution in [-0.2, 0) is 4.74 Å². The zero-order valence-electron chi connectivity index (χ0n) is 15.8. The molecule has 0 atom stereocenters. The molecule has 0 saturated heterocycles. The molecule has 9 heteroatoms.